The number of oxime groups is 1. The van der Waals surface area contributed by atoms with Gasteiger partial charge < -0.3 is 21.0 Å². The van der Waals surface area contributed by atoms with Crippen LogP contribution in [-0.4, -0.2) is 78.7 Å². The van der Waals surface area contributed by atoms with Gasteiger partial charge in [0.1, 0.15) is 38.7 Å². The van der Waals surface area contributed by atoms with E-state index in [2.05, 4.69) is 41.6 Å². The van der Waals surface area contributed by atoms with Gasteiger partial charge in [-0.2, -0.15) is 0 Å². The molecule has 0 aliphatic carbocycles. The Morgan fingerprint density at radius 1 is 1.41 bits per heavy atom. The number of carboxylic acids is 1. The fraction of sp³-hybridized carbons (Fsp3) is 0.353. The second-order valence-corrected chi connectivity index (χ2v) is 12.6. The van der Waals surface area contributed by atoms with Gasteiger partial charge in [-0.1, -0.05) is 39.6 Å². The quantitative estimate of drug-likeness (QED) is 0.172. The lowest BCUT2D eigenvalue weighted by molar-refractivity contribution is -0.150. The highest BCUT2D eigenvalue weighted by atomic mass is 79.9. The molecule has 0 aromatic carbocycles. The molecule has 17 heteroatoms. The highest BCUT2D eigenvalue weighted by molar-refractivity contribution is 9.11. The van der Waals surface area contributed by atoms with Crippen molar-refractivity contribution in [2.75, 3.05) is 24.3 Å². The minimum atomic E-state index is -1.20. The second kappa shape index (κ2) is 10.2. The summed E-state index contributed by atoms with van der Waals surface area (Å²) in [5, 5.41) is 24.6. The van der Waals surface area contributed by atoms with Crippen LogP contribution in [0.5, 0.6) is 0 Å². The normalized spacial score (nSPS) is 20.1. The molecule has 2 aliphatic heterocycles. The average Bonchev–Trinajstić information content (AvgIpc) is 3.36. The number of carbonyl (C=O) groups is 3. The number of aryl methyl sites for hydroxylation is 1. The number of hydrogen-bond donors (Lipinski definition) is 3. The van der Waals surface area contributed by atoms with Crippen LogP contribution in [0.3, 0.4) is 0 Å². The zero-order valence-corrected chi connectivity index (χ0v) is 22.3. The summed E-state index contributed by atoms with van der Waals surface area (Å²) >= 11 is 8.56. The minimum absolute atomic E-state index is 0.0613. The monoisotopic (exact) mass is 605 g/mol. The van der Waals surface area contributed by atoms with Crippen LogP contribution in [0.2, 0.25) is 0 Å². The Kier molecular flexibility index (Phi) is 7.46. The highest BCUT2D eigenvalue weighted by Crippen LogP contribution is 2.42. The molecule has 4 heterocycles. The van der Waals surface area contributed by atoms with Crippen LogP contribution in [0.1, 0.15) is 10.7 Å². The van der Waals surface area contributed by atoms with Gasteiger partial charge in [0.15, 0.2) is 15.2 Å². The van der Waals surface area contributed by atoms with Crippen molar-refractivity contribution in [3.63, 3.8) is 0 Å². The molecule has 0 spiro atoms. The molecule has 180 valence electrons. The van der Waals surface area contributed by atoms with Crippen molar-refractivity contribution in [1.82, 2.24) is 25.4 Å². The molecule has 1 unspecified atom stereocenters. The van der Waals surface area contributed by atoms with E-state index in [1.807, 2.05) is 6.92 Å². The number of fused-ring (bicyclic) bond motifs is 1. The summed E-state index contributed by atoms with van der Waals surface area (Å²) in [5.41, 5.74) is 6.26. The third-order valence-corrected chi connectivity index (χ3v) is 9.57. The van der Waals surface area contributed by atoms with Gasteiger partial charge in [-0.3, -0.25) is 14.5 Å². The predicted octanol–water partition coefficient (Wildman–Crippen LogP) is 1.53. The lowest BCUT2D eigenvalue weighted by atomic mass is 10.0. The standard InChI is InChI=1S/C17H16BrN7O5S4/c1-5-22-23-17(33-5)32-4-6-3-31-14-9(13(27)25(14)10(6)15(28)29)20-12(26)8(24-30-2)7-11(18)34-16(19)21-7/h9,14H,3-4H2,1-2H3,(H2,19,21)(H,20,26)(H,28,29)/t9?,14-/m0/s1. The summed E-state index contributed by atoms with van der Waals surface area (Å²) in [5.74, 6) is -1.66. The number of β-lactam (4-membered cyclic amide) rings is 1. The van der Waals surface area contributed by atoms with Gasteiger partial charge in [0.2, 0.25) is 0 Å². The maximum Gasteiger partial charge on any atom is 0.352 e. The molecule has 0 radical (unpaired) electrons. The van der Waals surface area contributed by atoms with Gasteiger partial charge in [-0.25, -0.2) is 9.78 Å². The second-order valence-electron chi connectivity index (χ2n) is 6.79. The topological polar surface area (TPSA) is 173 Å². The first-order valence-corrected chi connectivity index (χ1v) is 13.8. The summed E-state index contributed by atoms with van der Waals surface area (Å²) in [6.07, 6.45) is 0. The number of aromatic nitrogens is 3. The summed E-state index contributed by atoms with van der Waals surface area (Å²) in [4.78, 5) is 47.9. The molecule has 2 aromatic rings. The van der Waals surface area contributed by atoms with Crippen molar-refractivity contribution < 1.29 is 24.3 Å². The van der Waals surface area contributed by atoms with Gasteiger partial charge in [0.05, 0.1) is 0 Å². The van der Waals surface area contributed by atoms with Crippen LogP contribution in [0.15, 0.2) is 24.6 Å². The van der Waals surface area contributed by atoms with Gasteiger partial charge in [0.25, 0.3) is 11.8 Å². The molecule has 1 saturated heterocycles. The Morgan fingerprint density at radius 2 is 2.18 bits per heavy atom. The molecule has 2 atom stereocenters. The molecular weight excluding hydrogens is 590 g/mol. The van der Waals surface area contributed by atoms with Crippen LogP contribution in [0.4, 0.5) is 5.13 Å². The number of thiazole rings is 1. The molecule has 34 heavy (non-hydrogen) atoms. The molecule has 2 aromatic heterocycles. The van der Waals surface area contributed by atoms with Crippen molar-refractivity contribution in [1.29, 1.82) is 0 Å². The fourth-order valence-corrected chi connectivity index (χ4v) is 7.87. The smallest absolute Gasteiger partial charge is 0.352 e. The van der Waals surface area contributed by atoms with E-state index in [1.54, 1.807) is 0 Å². The average molecular weight is 607 g/mol. The molecule has 0 saturated carbocycles. The van der Waals surface area contributed by atoms with Crippen molar-refractivity contribution in [2.24, 2.45) is 5.16 Å². The number of nitrogen functional groups attached to an aromatic ring is 1. The number of rotatable bonds is 8. The van der Waals surface area contributed by atoms with Gasteiger partial charge in [-0.05, 0) is 28.4 Å². The van der Waals surface area contributed by atoms with E-state index in [9.17, 15) is 19.5 Å². The lowest BCUT2D eigenvalue weighted by Gasteiger charge is -2.49. The van der Waals surface area contributed by atoms with E-state index in [1.165, 1.54) is 46.9 Å². The van der Waals surface area contributed by atoms with Crippen LogP contribution in [-0.2, 0) is 19.2 Å². The van der Waals surface area contributed by atoms with E-state index < -0.39 is 29.2 Å². The van der Waals surface area contributed by atoms with Crippen molar-refractivity contribution in [3.8, 4) is 0 Å². The number of thioether (sulfide) groups is 2. The molecule has 2 amide bonds. The third kappa shape index (κ3) is 4.79. The largest absolute Gasteiger partial charge is 0.477 e. The summed E-state index contributed by atoms with van der Waals surface area (Å²) in [7, 11) is 1.27. The molecular formula is C17H16BrN7O5S4. The number of carbonyl (C=O) groups excluding carboxylic acids is 2. The van der Waals surface area contributed by atoms with Crippen molar-refractivity contribution in [3.05, 3.63) is 25.8 Å². The molecule has 0 bridgehead atoms. The van der Waals surface area contributed by atoms with E-state index in [4.69, 9.17) is 10.6 Å². The summed E-state index contributed by atoms with van der Waals surface area (Å²) < 4.78 is 1.20. The van der Waals surface area contributed by atoms with E-state index in [0.717, 1.165) is 20.7 Å². The lowest BCUT2D eigenvalue weighted by Crippen LogP contribution is -2.71. The molecule has 4 N–H and O–H groups in total. The Balaban J connectivity index is 1.50. The first-order chi connectivity index (χ1) is 16.2. The number of nitrogens with one attached hydrogen (secondary N) is 1. The number of nitrogens with two attached hydrogens (primary N) is 1. The minimum Gasteiger partial charge on any atom is -0.477 e. The zero-order valence-electron chi connectivity index (χ0n) is 17.5. The molecule has 1 fully saturated rings. The first kappa shape index (κ1) is 24.9. The maximum atomic E-state index is 12.9. The van der Waals surface area contributed by atoms with Crippen molar-refractivity contribution in [2.45, 2.75) is 22.7 Å². The predicted molar refractivity (Wildman–Crippen MR) is 133 cm³/mol. The number of hydrogen-bond acceptors (Lipinski definition) is 13. The van der Waals surface area contributed by atoms with Crippen molar-refractivity contribution >= 4 is 90.8 Å². The first-order valence-electron chi connectivity index (χ1n) is 9.38. The van der Waals surface area contributed by atoms with Gasteiger partial charge in [0, 0.05) is 11.5 Å². The summed E-state index contributed by atoms with van der Waals surface area (Å²) in [6.45, 7) is 1.84. The number of aliphatic carboxylic acids is 1. The molecule has 4 rings (SSSR count). The Labute approximate surface area is 217 Å². The van der Waals surface area contributed by atoms with E-state index in [-0.39, 0.29) is 22.2 Å². The van der Waals surface area contributed by atoms with Gasteiger partial charge in [-0.15, -0.1) is 22.0 Å². The van der Waals surface area contributed by atoms with Crippen LogP contribution >= 0.6 is 62.1 Å². The Bertz CT molecular complexity index is 1230. The number of amides is 2. The maximum absolute atomic E-state index is 12.9. The van der Waals surface area contributed by atoms with E-state index >= 15 is 0 Å². The zero-order chi connectivity index (χ0) is 24.6. The molecule has 2 aliphatic rings. The van der Waals surface area contributed by atoms with E-state index in [0.29, 0.717) is 20.9 Å². The number of carboxylic acid groups (broad SMARTS) is 1. The Hall–Kier alpha value is -2.21. The van der Waals surface area contributed by atoms with Gasteiger partial charge >= 0.3 is 5.97 Å². The fourth-order valence-electron chi connectivity index (χ4n) is 3.24. The van der Waals surface area contributed by atoms with Crippen LogP contribution in [0, 0.1) is 6.92 Å². The number of nitrogens with zero attached hydrogens (tertiary/aromatic N) is 5. The summed E-state index contributed by atoms with van der Waals surface area (Å²) in [6, 6.07) is -0.927. The third-order valence-electron chi connectivity index (χ3n) is 4.64. The Morgan fingerprint density at radius 3 is 2.76 bits per heavy atom. The van der Waals surface area contributed by atoms with Crippen LogP contribution in [0.25, 0.3) is 0 Å². The van der Waals surface area contributed by atoms with Crippen LogP contribution < -0.4 is 11.1 Å². The SMILES string of the molecule is CON=C(C(=O)NC1C(=O)N2C(C(=O)O)=C(CSc3nnc(C)s3)CS[C@@H]12)c1nc(N)sc1Br. The highest BCUT2D eigenvalue weighted by Gasteiger charge is 2.54. The molecule has 12 nitrogen and oxygen atoms in total. The number of anilines is 1. The number of halogens is 1.